The second-order valence-electron chi connectivity index (χ2n) is 4.12. The molecule has 1 aliphatic carbocycles. The predicted octanol–water partition coefficient (Wildman–Crippen LogP) is -0.698. The molecular formula is C10H16N2O4. The second-order valence-corrected chi connectivity index (χ2v) is 4.12. The minimum absolute atomic E-state index is 0.0640. The minimum Gasteiger partial charge on any atom is -0.481 e. The Kier molecular flexibility index (Phi) is 3.87. The quantitative estimate of drug-likeness (QED) is 0.651. The summed E-state index contributed by atoms with van der Waals surface area (Å²) in [5.74, 6) is -2.20. The number of rotatable bonds is 5. The number of carbonyl (C=O) groups excluding carboxylic acids is 2. The lowest BCUT2D eigenvalue weighted by Gasteiger charge is -2.10. The van der Waals surface area contributed by atoms with Gasteiger partial charge in [0.15, 0.2) is 0 Å². The van der Waals surface area contributed by atoms with E-state index in [0.717, 1.165) is 0 Å². The zero-order valence-corrected chi connectivity index (χ0v) is 9.40. The molecule has 0 radical (unpaired) electrons. The normalized spacial score (nSPS) is 22.4. The van der Waals surface area contributed by atoms with Crippen LogP contribution in [0.1, 0.15) is 12.8 Å². The van der Waals surface area contributed by atoms with Crippen molar-refractivity contribution in [3.8, 4) is 0 Å². The summed E-state index contributed by atoms with van der Waals surface area (Å²) >= 11 is 0. The Morgan fingerprint density at radius 1 is 1.31 bits per heavy atom. The van der Waals surface area contributed by atoms with Gasteiger partial charge in [0.25, 0.3) is 0 Å². The Morgan fingerprint density at radius 3 is 2.38 bits per heavy atom. The number of hydrogen-bond donors (Lipinski definition) is 2. The van der Waals surface area contributed by atoms with Gasteiger partial charge in [-0.05, 0) is 6.42 Å². The van der Waals surface area contributed by atoms with Crippen molar-refractivity contribution >= 4 is 17.8 Å². The largest absolute Gasteiger partial charge is 0.481 e. The van der Waals surface area contributed by atoms with Gasteiger partial charge in [0, 0.05) is 27.1 Å². The molecule has 16 heavy (non-hydrogen) atoms. The van der Waals surface area contributed by atoms with Crippen LogP contribution >= 0.6 is 0 Å². The number of carboxylic acids is 1. The maximum atomic E-state index is 11.4. The Morgan fingerprint density at radius 2 is 1.94 bits per heavy atom. The Balaban J connectivity index is 2.18. The van der Waals surface area contributed by atoms with Gasteiger partial charge in [-0.2, -0.15) is 0 Å². The fourth-order valence-corrected chi connectivity index (χ4v) is 1.41. The summed E-state index contributed by atoms with van der Waals surface area (Å²) in [7, 11) is 3.29. The third-order valence-electron chi connectivity index (χ3n) is 2.58. The maximum Gasteiger partial charge on any atom is 0.307 e. The van der Waals surface area contributed by atoms with E-state index in [0.29, 0.717) is 6.42 Å². The van der Waals surface area contributed by atoms with E-state index in [-0.39, 0.29) is 24.8 Å². The molecule has 0 aromatic rings. The van der Waals surface area contributed by atoms with Crippen molar-refractivity contribution < 1.29 is 19.5 Å². The van der Waals surface area contributed by atoms with Gasteiger partial charge in [-0.15, -0.1) is 0 Å². The van der Waals surface area contributed by atoms with Crippen molar-refractivity contribution in [2.75, 3.05) is 20.6 Å². The van der Waals surface area contributed by atoms with Crippen molar-refractivity contribution in [3.05, 3.63) is 0 Å². The molecule has 0 heterocycles. The summed E-state index contributed by atoms with van der Waals surface area (Å²) in [4.78, 5) is 34.5. The van der Waals surface area contributed by atoms with E-state index in [4.69, 9.17) is 5.11 Å². The average Bonchev–Trinajstić information content (AvgIpc) is 2.96. The highest BCUT2D eigenvalue weighted by atomic mass is 16.4. The maximum absolute atomic E-state index is 11.4. The van der Waals surface area contributed by atoms with Crippen molar-refractivity contribution in [3.63, 3.8) is 0 Å². The third kappa shape index (κ3) is 3.22. The van der Waals surface area contributed by atoms with Gasteiger partial charge in [0.05, 0.1) is 11.8 Å². The van der Waals surface area contributed by atoms with Gasteiger partial charge < -0.3 is 15.3 Å². The molecule has 1 aliphatic rings. The predicted molar refractivity (Wildman–Crippen MR) is 55.6 cm³/mol. The number of nitrogens with one attached hydrogen (secondary N) is 1. The van der Waals surface area contributed by atoms with E-state index in [1.165, 1.54) is 4.90 Å². The van der Waals surface area contributed by atoms with Crippen LogP contribution in [-0.2, 0) is 14.4 Å². The van der Waals surface area contributed by atoms with Crippen molar-refractivity contribution in [1.29, 1.82) is 0 Å². The standard InChI is InChI=1S/C10H16N2O4/c1-12(2)8(13)3-4-11-9(14)6-5-7(6)10(15)16/h6-7H,3-5H2,1-2H3,(H,11,14)(H,15,16). The lowest BCUT2D eigenvalue weighted by molar-refractivity contribution is -0.140. The molecule has 6 heteroatoms. The molecular weight excluding hydrogens is 212 g/mol. The smallest absolute Gasteiger partial charge is 0.307 e. The first kappa shape index (κ1) is 12.5. The van der Waals surface area contributed by atoms with Gasteiger partial charge in [0.1, 0.15) is 0 Å². The molecule has 2 unspecified atom stereocenters. The first-order valence-electron chi connectivity index (χ1n) is 5.14. The molecule has 90 valence electrons. The molecule has 6 nitrogen and oxygen atoms in total. The third-order valence-corrected chi connectivity index (χ3v) is 2.58. The highest BCUT2D eigenvalue weighted by Gasteiger charge is 2.48. The van der Waals surface area contributed by atoms with Gasteiger partial charge in [-0.1, -0.05) is 0 Å². The number of nitrogens with zero attached hydrogens (tertiary/aromatic N) is 1. The fourth-order valence-electron chi connectivity index (χ4n) is 1.41. The molecule has 1 rings (SSSR count). The van der Waals surface area contributed by atoms with Gasteiger partial charge >= 0.3 is 5.97 Å². The van der Waals surface area contributed by atoms with Gasteiger partial charge in [0.2, 0.25) is 11.8 Å². The molecule has 0 aliphatic heterocycles. The van der Waals surface area contributed by atoms with Crippen LogP contribution in [0.4, 0.5) is 0 Å². The van der Waals surface area contributed by atoms with E-state index < -0.39 is 17.8 Å². The molecule has 2 N–H and O–H groups in total. The number of hydrogen-bond acceptors (Lipinski definition) is 3. The van der Waals surface area contributed by atoms with E-state index in [2.05, 4.69) is 5.32 Å². The summed E-state index contributed by atoms with van der Waals surface area (Å²) < 4.78 is 0. The molecule has 0 aromatic heterocycles. The zero-order valence-electron chi connectivity index (χ0n) is 9.40. The highest BCUT2D eigenvalue weighted by Crippen LogP contribution is 2.38. The van der Waals surface area contributed by atoms with E-state index in [1.807, 2.05) is 0 Å². The van der Waals surface area contributed by atoms with Crippen molar-refractivity contribution in [1.82, 2.24) is 10.2 Å². The van der Waals surface area contributed by atoms with Gasteiger partial charge in [-0.3, -0.25) is 14.4 Å². The number of carboxylic acid groups (broad SMARTS) is 1. The Bertz CT molecular complexity index is 314. The monoisotopic (exact) mass is 228 g/mol. The molecule has 2 atom stereocenters. The minimum atomic E-state index is -0.926. The number of aliphatic carboxylic acids is 1. The molecule has 1 saturated carbocycles. The molecule has 1 fully saturated rings. The summed E-state index contributed by atoms with van der Waals surface area (Å²) in [6.45, 7) is 0.263. The summed E-state index contributed by atoms with van der Waals surface area (Å²) in [5, 5.41) is 11.2. The molecule has 0 saturated heterocycles. The average molecular weight is 228 g/mol. The van der Waals surface area contributed by atoms with E-state index >= 15 is 0 Å². The lowest BCUT2D eigenvalue weighted by Crippen LogP contribution is -2.31. The topological polar surface area (TPSA) is 86.7 Å². The van der Waals surface area contributed by atoms with Crippen LogP contribution in [-0.4, -0.2) is 48.4 Å². The van der Waals surface area contributed by atoms with Crippen LogP contribution in [0.5, 0.6) is 0 Å². The molecule has 2 amide bonds. The van der Waals surface area contributed by atoms with Crippen LogP contribution in [0, 0.1) is 11.8 Å². The first-order valence-corrected chi connectivity index (χ1v) is 5.14. The number of amides is 2. The highest BCUT2D eigenvalue weighted by molar-refractivity contribution is 5.89. The fraction of sp³-hybridized carbons (Fsp3) is 0.700. The summed E-state index contributed by atoms with van der Waals surface area (Å²) in [6.07, 6.45) is 0.645. The summed E-state index contributed by atoms with van der Waals surface area (Å²) in [5.41, 5.74) is 0. The van der Waals surface area contributed by atoms with Crippen LogP contribution in [0.2, 0.25) is 0 Å². The Labute approximate surface area is 93.6 Å². The van der Waals surface area contributed by atoms with Gasteiger partial charge in [-0.25, -0.2) is 0 Å². The molecule has 0 spiro atoms. The molecule has 0 aromatic carbocycles. The lowest BCUT2D eigenvalue weighted by atomic mass is 10.3. The van der Waals surface area contributed by atoms with Crippen LogP contribution < -0.4 is 5.32 Å². The summed E-state index contributed by atoms with van der Waals surface area (Å²) in [6, 6.07) is 0. The Hall–Kier alpha value is -1.59. The first-order chi connectivity index (χ1) is 7.43. The SMILES string of the molecule is CN(C)C(=O)CCNC(=O)C1CC1C(=O)O. The van der Waals surface area contributed by atoms with E-state index in [1.54, 1.807) is 14.1 Å². The second kappa shape index (κ2) is 4.96. The van der Waals surface area contributed by atoms with Crippen LogP contribution in [0.25, 0.3) is 0 Å². The number of carbonyl (C=O) groups is 3. The molecule has 0 bridgehead atoms. The van der Waals surface area contributed by atoms with Crippen molar-refractivity contribution in [2.24, 2.45) is 11.8 Å². The van der Waals surface area contributed by atoms with Crippen LogP contribution in [0.3, 0.4) is 0 Å². The van der Waals surface area contributed by atoms with E-state index in [9.17, 15) is 14.4 Å². The zero-order chi connectivity index (χ0) is 12.3. The van der Waals surface area contributed by atoms with Crippen molar-refractivity contribution in [2.45, 2.75) is 12.8 Å². The van der Waals surface area contributed by atoms with Crippen LogP contribution in [0.15, 0.2) is 0 Å².